The maximum atomic E-state index is 14.4. The number of amides is 10. The molecule has 0 aliphatic heterocycles. The molecule has 9 atom stereocenters. The van der Waals surface area contributed by atoms with Crippen molar-refractivity contribution in [2.24, 2.45) is 29.0 Å². The van der Waals surface area contributed by atoms with Crippen LogP contribution in [0.4, 0.5) is 0 Å². The van der Waals surface area contributed by atoms with Crippen molar-refractivity contribution >= 4 is 59.1 Å². The maximum absolute atomic E-state index is 14.4. The van der Waals surface area contributed by atoms with Gasteiger partial charge in [-0.3, -0.25) is 47.9 Å². The molecule has 0 fully saturated rings. The summed E-state index contributed by atoms with van der Waals surface area (Å²) in [6.07, 6.45) is 0.742. The molecule has 10 amide bonds. The third-order valence-corrected chi connectivity index (χ3v) is 12.2. The summed E-state index contributed by atoms with van der Waals surface area (Å²) in [7, 11) is 0. The van der Waals surface area contributed by atoms with Gasteiger partial charge in [0.25, 0.3) is 0 Å². The zero-order valence-electron chi connectivity index (χ0n) is 43.1. The van der Waals surface area contributed by atoms with Gasteiger partial charge in [0, 0.05) is 26.2 Å². The summed E-state index contributed by atoms with van der Waals surface area (Å²) in [5.41, 5.74) is 18.8. The number of nitrogens with two attached hydrogens (primary N) is 3. The highest BCUT2D eigenvalue weighted by Crippen LogP contribution is 2.13. The Bertz CT molecular complexity index is 2360. The predicted octanol–water partition coefficient (Wildman–Crippen LogP) is -0.176. The summed E-state index contributed by atoms with van der Waals surface area (Å²) in [4.78, 5) is 135. The van der Waals surface area contributed by atoms with E-state index in [2.05, 4.69) is 42.5 Å². The van der Waals surface area contributed by atoms with E-state index < -0.39 is 120 Å². The fourth-order valence-corrected chi connectivity index (χ4v) is 7.85. The Morgan fingerprint density at radius 1 is 0.459 bits per heavy atom. The first-order valence-corrected chi connectivity index (χ1v) is 24.9. The first-order chi connectivity index (χ1) is 35.1. The molecule has 0 saturated carbocycles. The number of carbonyl (C=O) groups is 10. The van der Waals surface area contributed by atoms with Gasteiger partial charge >= 0.3 is 0 Å². The second kappa shape index (κ2) is 31.0. The highest BCUT2D eigenvalue weighted by atomic mass is 16.2. The molecule has 0 unspecified atom stereocenters. The van der Waals surface area contributed by atoms with Crippen molar-refractivity contribution in [3.8, 4) is 0 Å². The molecule has 3 aromatic rings. The van der Waals surface area contributed by atoms with E-state index in [1.165, 1.54) is 13.8 Å². The van der Waals surface area contributed by atoms with E-state index in [0.717, 1.165) is 5.56 Å². The predicted molar refractivity (Wildman–Crippen MR) is 277 cm³/mol. The van der Waals surface area contributed by atoms with Crippen LogP contribution in [0.2, 0.25) is 0 Å². The van der Waals surface area contributed by atoms with E-state index in [1.54, 1.807) is 106 Å². The second-order valence-electron chi connectivity index (χ2n) is 18.8. The monoisotopic (exact) mass is 1030 g/mol. The molecule has 3 rings (SSSR count). The third-order valence-electron chi connectivity index (χ3n) is 12.2. The van der Waals surface area contributed by atoms with Crippen LogP contribution in [-0.4, -0.2) is 114 Å². The van der Waals surface area contributed by atoms with Crippen molar-refractivity contribution in [3.05, 3.63) is 108 Å². The first-order valence-electron chi connectivity index (χ1n) is 24.9. The second-order valence-corrected chi connectivity index (χ2v) is 18.8. The van der Waals surface area contributed by atoms with Crippen molar-refractivity contribution in [2.75, 3.05) is 6.54 Å². The minimum absolute atomic E-state index is 0.0322. The Balaban J connectivity index is 1.89. The summed E-state index contributed by atoms with van der Waals surface area (Å²) < 4.78 is 0. The van der Waals surface area contributed by atoms with Crippen LogP contribution in [0, 0.1) is 11.8 Å². The number of hydrogen-bond donors (Lipinski definition) is 11. The van der Waals surface area contributed by atoms with Crippen LogP contribution in [0.3, 0.4) is 0 Å². The topological polar surface area (TPSA) is 345 Å². The number of rotatable bonds is 31. The van der Waals surface area contributed by atoms with Crippen LogP contribution in [0.5, 0.6) is 0 Å². The molecule has 14 N–H and O–H groups in total. The fourth-order valence-electron chi connectivity index (χ4n) is 7.85. The summed E-state index contributed by atoms with van der Waals surface area (Å²) in [6, 6.07) is 16.2. The summed E-state index contributed by atoms with van der Waals surface area (Å²) in [6.45, 7) is 9.84. The maximum Gasteiger partial charge on any atom is 0.243 e. The van der Waals surface area contributed by atoms with E-state index in [1.807, 2.05) is 13.0 Å². The molecule has 0 spiro atoms. The first kappa shape index (κ1) is 60.6. The fraction of sp³-hybridized carbons (Fsp3) is 0.472. The summed E-state index contributed by atoms with van der Waals surface area (Å²) >= 11 is 0. The molecule has 74 heavy (non-hydrogen) atoms. The van der Waals surface area contributed by atoms with Crippen LogP contribution in [0.25, 0.3) is 0 Å². The zero-order chi connectivity index (χ0) is 54.9. The van der Waals surface area contributed by atoms with Gasteiger partial charge < -0.3 is 59.7 Å². The number of primary amides is 2. The van der Waals surface area contributed by atoms with Crippen LogP contribution < -0.4 is 59.7 Å². The SMILES string of the molecule is CC[C@H](C)[C@H](NC(=O)[C@H](CCCCN)NC(=O)[C@H](CC(N)=O)NC(=O)[C@H](Cc1ccccc1)NC(=O)[C@@H](NC(=O)[C@H](Cc1ccccc1)NC(=O)[C@H](C)NC(=O)[C@H](Cc1ccccc1)NC(C)=O)C(C)C)C(N)=O. The Hall–Kier alpha value is -7.68. The molecular formula is C53H75N11O10. The molecule has 0 radical (unpaired) electrons. The normalized spacial score (nSPS) is 14.6. The van der Waals surface area contributed by atoms with Gasteiger partial charge in [-0.1, -0.05) is 125 Å². The summed E-state index contributed by atoms with van der Waals surface area (Å²) in [5, 5.41) is 21.1. The highest BCUT2D eigenvalue weighted by Gasteiger charge is 2.36. The molecule has 402 valence electrons. The number of benzene rings is 3. The van der Waals surface area contributed by atoms with Gasteiger partial charge in [-0.2, -0.15) is 0 Å². The third kappa shape index (κ3) is 20.8. The molecular weight excluding hydrogens is 951 g/mol. The molecule has 0 heterocycles. The van der Waals surface area contributed by atoms with Crippen LogP contribution >= 0.6 is 0 Å². The van der Waals surface area contributed by atoms with Gasteiger partial charge in [0.05, 0.1) is 6.42 Å². The Kier molecular flexibility index (Phi) is 25.4. The van der Waals surface area contributed by atoms with Crippen molar-refractivity contribution < 1.29 is 47.9 Å². The van der Waals surface area contributed by atoms with Crippen LogP contribution in [0.1, 0.15) is 90.3 Å². The lowest BCUT2D eigenvalue weighted by molar-refractivity contribution is -0.136. The Morgan fingerprint density at radius 2 is 0.851 bits per heavy atom. The lowest BCUT2D eigenvalue weighted by atomic mass is 9.97. The standard InChI is InChI=1S/C53H75N11O10/c1-7-32(4)45(46(56)67)64-48(69)38(25-17-18-26-54)59-51(72)42(30-43(55)66)61-50(71)40(28-36-21-13-9-14-22-36)62-53(74)44(31(2)3)63-52(73)41(29-37-23-15-10-16-24-37)60-47(68)33(5)57-49(70)39(58-34(6)65)27-35-19-11-8-12-20-35/h8-16,19-24,31-33,38-42,44-45H,7,17-18,25-30,54H2,1-6H3,(H2,55,66)(H2,56,67)(H,57,70)(H,58,65)(H,59,72)(H,60,68)(H,61,71)(H,62,74)(H,63,73)(H,64,69)/t32-,33-,38-,39-,40-,41-,42-,44-,45-/m0/s1. The molecule has 0 aromatic heterocycles. The number of nitrogens with one attached hydrogen (secondary N) is 8. The smallest absolute Gasteiger partial charge is 0.243 e. The minimum atomic E-state index is -1.64. The van der Waals surface area contributed by atoms with Crippen molar-refractivity contribution in [1.29, 1.82) is 0 Å². The minimum Gasteiger partial charge on any atom is -0.370 e. The van der Waals surface area contributed by atoms with Gasteiger partial charge in [0.1, 0.15) is 48.3 Å². The van der Waals surface area contributed by atoms with E-state index in [0.29, 0.717) is 36.9 Å². The van der Waals surface area contributed by atoms with E-state index in [-0.39, 0.29) is 31.6 Å². The van der Waals surface area contributed by atoms with Gasteiger partial charge in [-0.25, -0.2) is 0 Å². The molecule has 0 aliphatic rings. The average Bonchev–Trinajstić information content (AvgIpc) is 3.35. The largest absolute Gasteiger partial charge is 0.370 e. The molecule has 3 aromatic carbocycles. The number of unbranched alkanes of at least 4 members (excludes halogenated alkanes) is 1. The Morgan fingerprint density at radius 3 is 1.28 bits per heavy atom. The van der Waals surface area contributed by atoms with Crippen LogP contribution in [-0.2, 0) is 67.2 Å². The van der Waals surface area contributed by atoms with Gasteiger partial charge in [0.15, 0.2) is 0 Å². The van der Waals surface area contributed by atoms with Crippen LogP contribution in [0.15, 0.2) is 91.0 Å². The quantitative estimate of drug-likeness (QED) is 0.0376. The molecule has 0 saturated heterocycles. The van der Waals surface area contributed by atoms with Crippen molar-refractivity contribution in [1.82, 2.24) is 42.5 Å². The number of hydrogen-bond acceptors (Lipinski definition) is 11. The lowest BCUT2D eigenvalue weighted by Crippen LogP contribution is -2.61. The summed E-state index contributed by atoms with van der Waals surface area (Å²) in [5.74, 6) is -8.69. The Labute approximate surface area is 432 Å². The van der Waals surface area contributed by atoms with E-state index >= 15 is 0 Å². The van der Waals surface area contributed by atoms with Crippen molar-refractivity contribution in [3.63, 3.8) is 0 Å². The highest BCUT2D eigenvalue weighted by molar-refractivity contribution is 5.99. The molecule has 21 heteroatoms. The molecule has 21 nitrogen and oxygen atoms in total. The van der Waals surface area contributed by atoms with Gasteiger partial charge in [-0.15, -0.1) is 0 Å². The van der Waals surface area contributed by atoms with Crippen molar-refractivity contribution in [2.45, 2.75) is 141 Å². The lowest BCUT2D eigenvalue weighted by Gasteiger charge is -2.29. The van der Waals surface area contributed by atoms with Gasteiger partial charge in [0.2, 0.25) is 59.1 Å². The zero-order valence-corrected chi connectivity index (χ0v) is 43.1. The van der Waals surface area contributed by atoms with E-state index in [9.17, 15) is 47.9 Å². The molecule has 0 aliphatic carbocycles. The van der Waals surface area contributed by atoms with E-state index in [4.69, 9.17) is 17.2 Å². The number of carbonyl (C=O) groups excluding carboxylic acids is 10. The average molecular weight is 1030 g/mol. The molecule has 0 bridgehead atoms. The van der Waals surface area contributed by atoms with Gasteiger partial charge in [-0.05, 0) is 61.3 Å².